The quantitative estimate of drug-likeness (QED) is 0.423. The lowest BCUT2D eigenvalue weighted by Crippen LogP contribution is -2.61. The molecule has 0 aromatic rings. The van der Waals surface area contributed by atoms with Gasteiger partial charge in [0.25, 0.3) is 0 Å². The van der Waals surface area contributed by atoms with Gasteiger partial charge in [-0.2, -0.15) is 26.3 Å². The summed E-state index contributed by atoms with van der Waals surface area (Å²) in [5.74, 6) is -15.0. The standard InChI is InChI=1S/C13H24F6N2/c1-3-5-7-20-9-11(14,15)13(18,19)12(16,17)10-21-8-6-4-2/h20-21H,3-10H2,1-2H3. The summed E-state index contributed by atoms with van der Waals surface area (Å²) < 4.78 is 80.4. The average Bonchev–Trinajstić information content (AvgIpc) is 2.39. The first-order valence-corrected chi connectivity index (χ1v) is 7.17. The minimum atomic E-state index is -5.40. The molecular formula is C13H24F6N2. The highest BCUT2D eigenvalue weighted by molar-refractivity contribution is 4.98. The molecule has 0 spiro atoms. The molecule has 0 amide bonds. The topological polar surface area (TPSA) is 24.1 Å². The molecule has 0 aliphatic rings. The van der Waals surface area contributed by atoms with Crippen LogP contribution in [0.25, 0.3) is 0 Å². The molecule has 0 radical (unpaired) electrons. The van der Waals surface area contributed by atoms with E-state index in [-0.39, 0.29) is 13.1 Å². The SMILES string of the molecule is CCCCNCC(F)(F)C(F)(F)C(F)(F)CNCCCC. The highest BCUT2D eigenvalue weighted by atomic mass is 19.3. The molecule has 128 valence electrons. The summed E-state index contributed by atoms with van der Waals surface area (Å²) in [4.78, 5) is 0. The third-order valence-electron chi connectivity index (χ3n) is 3.03. The second-order valence-corrected chi connectivity index (χ2v) is 5.04. The first-order valence-electron chi connectivity index (χ1n) is 7.17. The molecule has 0 aliphatic carbocycles. The third kappa shape index (κ3) is 6.02. The third-order valence-corrected chi connectivity index (χ3v) is 3.03. The summed E-state index contributed by atoms with van der Waals surface area (Å²) >= 11 is 0. The minimum Gasteiger partial charge on any atom is -0.311 e. The molecule has 0 fully saturated rings. The molecule has 8 heteroatoms. The summed E-state index contributed by atoms with van der Waals surface area (Å²) in [7, 11) is 0. The number of rotatable bonds is 12. The van der Waals surface area contributed by atoms with Gasteiger partial charge in [0.15, 0.2) is 0 Å². The molecule has 0 bridgehead atoms. The van der Waals surface area contributed by atoms with Crippen LogP contribution in [0.15, 0.2) is 0 Å². The maximum absolute atomic E-state index is 13.4. The Hall–Kier alpha value is -0.500. The normalized spacial score (nSPS) is 13.7. The minimum absolute atomic E-state index is 0.0858. The largest absolute Gasteiger partial charge is 0.374 e. The van der Waals surface area contributed by atoms with Crippen molar-refractivity contribution in [3.63, 3.8) is 0 Å². The Kier molecular flexibility index (Phi) is 8.61. The van der Waals surface area contributed by atoms with Crippen LogP contribution in [0.3, 0.4) is 0 Å². The molecule has 0 saturated heterocycles. The molecule has 0 aromatic heterocycles. The Bertz CT molecular complexity index is 258. The number of hydrogen-bond acceptors (Lipinski definition) is 2. The summed E-state index contributed by atoms with van der Waals surface area (Å²) in [6.07, 6.45) is 2.40. The molecule has 0 atom stereocenters. The van der Waals surface area contributed by atoms with Crippen LogP contribution in [0.2, 0.25) is 0 Å². The molecule has 0 rings (SSSR count). The van der Waals surface area contributed by atoms with Gasteiger partial charge in [-0.15, -0.1) is 0 Å². The van der Waals surface area contributed by atoms with Crippen LogP contribution < -0.4 is 10.6 Å². The van der Waals surface area contributed by atoms with E-state index in [4.69, 9.17) is 0 Å². The zero-order valence-corrected chi connectivity index (χ0v) is 12.4. The Morgan fingerprint density at radius 2 is 1.00 bits per heavy atom. The number of alkyl halides is 6. The van der Waals surface area contributed by atoms with Crippen LogP contribution in [0.4, 0.5) is 26.3 Å². The van der Waals surface area contributed by atoms with Gasteiger partial charge in [-0.05, 0) is 25.9 Å². The van der Waals surface area contributed by atoms with Crippen molar-refractivity contribution in [3.8, 4) is 0 Å². The van der Waals surface area contributed by atoms with Crippen molar-refractivity contribution in [3.05, 3.63) is 0 Å². The second-order valence-electron chi connectivity index (χ2n) is 5.04. The Morgan fingerprint density at radius 3 is 1.29 bits per heavy atom. The van der Waals surface area contributed by atoms with Crippen LogP contribution in [0.1, 0.15) is 39.5 Å². The lowest BCUT2D eigenvalue weighted by atomic mass is 10.0. The monoisotopic (exact) mass is 322 g/mol. The zero-order chi connectivity index (χ0) is 16.6. The van der Waals surface area contributed by atoms with Gasteiger partial charge < -0.3 is 10.6 Å². The maximum Gasteiger partial charge on any atom is 0.374 e. The van der Waals surface area contributed by atoms with E-state index in [1.165, 1.54) is 0 Å². The predicted octanol–water partition coefficient (Wildman–Crippen LogP) is 3.67. The van der Waals surface area contributed by atoms with Crippen LogP contribution in [-0.4, -0.2) is 43.9 Å². The molecular weight excluding hydrogens is 298 g/mol. The molecule has 0 heterocycles. The first kappa shape index (κ1) is 20.5. The fourth-order valence-electron chi connectivity index (χ4n) is 1.58. The summed E-state index contributed by atoms with van der Waals surface area (Å²) in [6.45, 7) is 0.829. The number of unbranched alkanes of at least 4 members (excludes halogenated alkanes) is 2. The smallest absolute Gasteiger partial charge is 0.311 e. The van der Waals surface area contributed by atoms with Gasteiger partial charge >= 0.3 is 17.8 Å². The summed E-state index contributed by atoms with van der Waals surface area (Å²) in [6, 6.07) is 0. The van der Waals surface area contributed by atoms with Gasteiger partial charge in [0, 0.05) is 0 Å². The van der Waals surface area contributed by atoms with Gasteiger partial charge in [0.2, 0.25) is 0 Å². The highest BCUT2D eigenvalue weighted by Gasteiger charge is 2.70. The zero-order valence-electron chi connectivity index (χ0n) is 12.4. The lowest BCUT2D eigenvalue weighted by Gasteiger charge is -2.33. The van der Waals surface area contributed by atoms with Crippen LogP contribution in [-0.2, 0) is 0 Å². The van der Waals surface area contributed by atoms with Crippen molar-refractivity contribution in [1.29, 1.82) is 0 Å². The van der Waals surface area contributed by atoms with Crippen LogP contribution in [0, 0.1) is 0 Å². The van der Waals surface area contributed by atoms with Crippen molar-refractivity contribution in [1.82, 2.24) is 10.6 Å². The van der Waals surface area contributed by atoms with E-state index in [0.29, 0.717) is 25.7 Å². The van der Waals surface area contributed by atoms with Gasteiger partial charge in [-0.25, -0.2) is 0 Å². The summed E-state index contributed by atoms with van der Waals surface area (Å²) in [5, 5.41) is 4.19. The van der Waals surface area contributed by atoms with Crippen molar-refractivity contribution < 1.29 is 26.3 Å². The van der Waals surface area contributed by atoms with E-state index < -0.39 is 30.9 Å². The number of halogens is 6. The molecule has 21 heavy (non-hydrogen) atoms. The summed E-state index contributed by atoms with van der Waals surface area (Å²) in [5.41, 5.74) is 0. The van der Waals surface area contributed by atoms with Gasteiger partial charge in [0.05, 0.1) is 13.1 Å². The van der Waals surface area contributed by atoms with Gasteiger partial charge in [-0.3, -0.25) is 0 Å². The van der Waals surface area contributed by atoms with E-state index in [1.807, 2.05) is 0 Å². The Morgan fingerprint density at radius 1 is 0.667 bits per heavy atom. The fraction of sp³-hybridized carbons (Fsp3) is 1.00. The Labute approximate surface area is 121 Å². The Balaban J connectivity index is 4.56. The molecule has 0 aromatic carbocycles. The van der Waals surface area contributed by atoms with E-state index >= 15 is 0 Å². The maximum atomic E-state index is 13.4. The fourth-order valence-corrected chi connectivity index (χ4v) is 1.58. The molecule has 2 N–H and O–H groups in total. The first-order chi connectivity index (χ1) is 9.62. The average molecular weight is 322 g/mol. The van der Waals surface area contributed by atoms with Gasteiger partial charge in [0.1, 0.15) is 0 Å². The van der Waals surface area contributed by atoms with Crippen molar-refractivity contribution >= 4 is 0 Å². The predicted molar refractivity (Wildman–Crippen MR) is 70.4 cm³/mol. The molecule has 2 nitrogen and oxygen atoms in total. The van der Waals surface area contributed by atoms with Crippen molar-refractivity contribution in [2.75, 3.05) is 26.2 Å². The number of nitrogens with one attached hydrogen (secondary N) is 2. The van der Waals surface area contributed by atoms with Gasteiger partial charge in [-0.1, -0.05) is 26.7 Å². The van der Waals surface area contributed by atoms with E-state index in [9.17, 15) is 26.3 Å². The van der Waals surface area contributed by atoms with E-state index in [1.54, 1.807) is 13.8 Å². The second kappa shape index (κ2) is 8.82. The van der Waals surface area contributed by atoms with Crippen LogP contribution >= 0.6 is 0 Å². The molecule has 0 saturated carbocycles. The molecule has 0 aliphatic heterocycles. The lowest BCUT2D eigenvalue weighted by molar-refractivity contribution is -0.304. The van der Waals surface area contributed by atoms with Crippen molar-refractivity contribution in [2.24, 2.45) is 0 Å². The van der Waals surface area contributed by atoms with E-state index in [0.717, 1.165) is 0 Å². The number of hydrogen-bond donors (Lipinski definition) is 2. The molecule has 0 unspecified atom stereocenters. The van der Waals surface area contributed by atoms with E-state index in [2.05, 4.69) is 10.6 Å². The van der Waals surface area contributed by atoms with Crippen LogP contribution in [0.5, 0.6) is 0 Å². The van der Waals surface area contributed by atoms with Crippen molar-refractivity contribution in [2.45, 2.75) is 57.3 Å². The highest BCUT2D eigenvalue weighted by Crippen LogP contribution is 2.45.